The first-order chi connectivity index (χ1) is 14.0. The van der Waals surface area contributed by atoms with Gasteiger partial charge in [0.2, 0.25) is 5.91 Å². The van der Waals surface area contributed by atoms with E-state index in [2.05, 4.69) is 11.4 Å². The van der Waals surface area contributed by atoms with Crippen LogP contribution >= 0.6 is 0 Å². The van der Waals surface area contributed by atoms with Crippen molar-refractivity contribution in [2.75, 3.05) is 11.4 Å². The number of benzene rings is 2. The third-order valence-corrected chi connectivity index (χ3v) is 6.17. The largest absolute Gasteiger partial charge is 0.346 e. The number of rotatable bonds is 4. The van der Waals surface area contributed by atoms with Crippen LogP contribution in [0.4, 0.5) is 10.1 Å². The normalized spacial score (nSPS) is 17.7. The number of carbonyl (C=O) groups is 2. The lowest BCUT2D eigenvalue weighted by Crippen LogP contribution is -2.35. The van der Waals surface area contributed by atoms with Gasteiger partial charge in [0, 0.05) is 23.7 Å². The second-order valence-corrected chi connectivity index (χ2v) is 8.17. The summed E-state index contributed by atoms with van der Waals surface area (Å²) in [4.78, 5) is 27.3. The van der Waals surface area contributed by atoms with E-state index in [-0.39, 0.29) is 29.6 Å². The lowest BCUT2D eigenvalue weighted by molar-refractivity contribution is -0.123. The van der Waals surface area contributed by atoms with Crippen molar-refractivity contribution in [2.45, 2.75) is 51.5 Å². The van der Waals surface area contributed by atoms with E-state index in [9.17, 15) is 14.0 Å². The molecule has 2 amide bonds. The first-order valence-corrected chi connectivity index (χ1v) is 10.5. The van der Waals surface area contributed by atoms with Crippen molar-refractivity contribution in [3.63, 3.8) is 0 Å². The maximum atomic E-state index is 13.1. The highest BCUT2D eigenvalue weighted by atomic mass is 19.1. The van der Waals surface area contributed by atoms with Crippen molar-refractivity contribution < 1.29 is 14.0 Å². The number of nitrogens with one attached hydrogen (secondary N) is 1. The van der Waals surface area contributed by atoms with E-state index in [4.69, 9.17) is 0 Å². The van der Waals surface area contributed by atoms with E-state index in [0.29, 0.717) is 5.56 Å². The van der Waals surface area contributed by atoms with Gasteiger partial charge >= 0.3 is 0 Å². The Labute approximate surface area is 171 Å². The second kappa shape index (κ2) is 8.36. The van der Waals surface area contributed by atoms with Gasteiger partial charge in [-0.05, 0) is 67.6 Å². The molecule has 1 saturated carbocycles. The molecule has 1 aliphatic carbocycles. The Kier molecular flexibility index (Phi) is 5.65. The molecule has 0 radical (unpaired) electrons. The van der Waals surface area contributed by atoms with Crippen LogP contribution in [0.5, 0.6) is 0 Å². The highest BCUT2D eigenvalue weighted by Crippen LogP contribution is 2.34. The van der Waals surface area contributed by atoms with Crippen molar-refractivity contribution in [3.8, 4) is 0 Å². The molecule has 1 fully saturated rings. The second-order valence-electron chi connectivity index (χ2n) is 8.17. The molecule has 2 aromatic rings. The van der Waals surface area contributed by atoms with Crippen molar-refractivity contribution in [1.29, 1.82) is 0 Å². The quantitative estimate of drug-likeness (QED) is 0.811. The van der Waals surface area contributed by atoms with Crippen LogP contribution in [-0.2, 0) is 11.2 Å². The van der Waals surface area contributed by atoms with Gasteiger partial charge in [-0.15, -0.1) is 0 Å². The highest BCUT2D eigenvalue weighted by molar-refractivity contribution is 5.97. The molecule has 1 atom stereocenters. The number of nitrogens with zero attached hydrogens (tertiary/aromatic N) is 1. The van der Waals surface area contributed by atoms with Gasteiger partial charge in [0.15, 0.2) is 0 Å². The number of carbonyl (C=O) groups excluding carboxylic acids is 2. The fourth-order valence-corrected chi connectivity index (χ4v) is 4.45. The van der Waals surface area contributed by atoms with Crippen molar-refractivity contribution in [3.05, 3.63) is 65.0 Å². The van der Waals surface area contributed by atoms with Gasteiger partial charge in [-0.3, -0.25) is 9.59 Å². The smallest absolute Gasteiger partial charge is 0.251 e. The summed E-state index contributed by atoms with van der Waals surface area (Å²) in [6.45, 7) is 2.67. The van der Waals surface area contributed by atoms with Gasteiger partial charge in [-0.1, -0.05) is 31.4 Å². The molecule has 5 heteroatoms. The summed E-state index contributed by atoms with van der Waals surface area (Å²) >= 11 is 0. The van der Waals surface area contributed by atoms with E-state index >= 15 is 0 Å². The predicted molar refractivity (Wildman–Crippen MR) is 111 cm³/mol. The highest BCUT2D eigenvalue weighted by Gasteiger charge is 2.31. The molecule has 152 valence electrons. The minimum atomic E-state index is -0.361. The van der Waals surface area contributed by atoms with Gasteiger partial charge in [-0.25, -0.2) is 4.39 Å². The van der Waals surface area contributed by atoms with Crippen molar-refractivity contribution >= 4 is 17.5 Å². The molecule has 1 aliphatic heterocycles. The number of halogens is 1. The Hall–Kier alpha value is -2.69. The van der Waals surface area contributed by atoms with Crippen LogP contribution in [-0.4, -0.2) is 18.4 Å². The number of hydrogen-bond donors (Lipinski definition) is 1. The molecule has 1 N–H and O–H groups in total. The zero-order chi connectivity index (χ0) is 20.4. The summed E-state index contributed by atoms with van der Waals surface area (Å²) in [5.41, 5.74) is 3.62. The molecule has 0 spiro atoms. The zero-order valence-electron chi connectivity index (χ0n) is 16.8. The molecular formula is C24H27FN2O2. The fraction of sp³-hybridized carbons (Fsp3) is 0.417. The summed E-state index contributed by atoms with van der Waals surface area (Å²) < 4.78 is 13.1. The van der Waals surface area contributed by atoms with Crippen molar-refractivity contribution in [2.24, 2.45) is 5.92 Å². The molecular weight excluding hydrogens is 367 g/mol. The summed E-state index contributed by atoms with van der Waals surface area (Å²) in [5.74, 6) is -0.148. The van der Waals surface area contributed by atoms with Crippen LogP contribution in [0.3, 0.4) is 0 Å². The Balaban J connectivity index is 1.44. The monoisotopic (exact) mass is 394 g/mol. The zero-order valence-corrected chi connectivity index (χ0v) is 16.8. The molecule has 29 heavy (non-hydrogen) atoms. The maximum absolute atomic E-state index is 13.1. The molecule has 4 rings (SSSR count). The van der Waals surface area contributed by atoms with Crippen molar-refractivity contribution in [1.82, 2.24) is 5.32 Å². The number of anilines is 1. The van der Waals surface area contributed by atoms with Crippen LogP contribution < -0.4 is 10.2 Å². The third-order valence-electron chi connectivity index (χ3n) is 6.17. The number of amides is 2. The van der Waals surface area contributed by atoms with Gasteiger partial charge < -0.3 is 10.2 Å². The molecule has 0 bridgehead atoms. The maximum Gasteiger partial charge on any atom is 0.251 e. The standard InChI is InChI=1S/C24H27FN2O2/c1-16(26-23(28)17-7-10-21(25)11-8-17)19-9-12-22-20(15-19)13-14-27(22)24(29)18-5-3-2-4-6-18/h7-12,15-16,18H,2-6,13-14H2,1H3,(H,26,28)/t16-/m0/s1. The fourth-order valence-electron chi connectivity index (χ4n) is 4.45. The van der Waals surface area contributed by atoms with Crippen LogP contribution in [0, 0.1) is 11.7 Å². The average molecular weight is 394 g/mol. The summed E-state index contributed by atoms with van der Waals surface area (Å²) in [5, 5.41) is 2.97. The molecule has 0 aromatic heterocycles. The SMILES string of the molecule is C[C@H](NC(=O)c1ccc(F)cc1)c1ccc2c(c1)CCN2C(=O)C1CCCCC1. The topological polar surface area (TPSA) is 49.4 Å². The Morgan fingerprint density at radius 1 is 1.07 bits per heavy atom. The van der Waals surface area contributed by atoms with Gasteiger partial charge in [-0.2, -0.15) is 0 Å². The minimum absolute atomic E-state index is 0.170. The lowest BCUT2D eigenvalue weighted by atomic mass is 9.88. The molecule has 4 nitrogen and oxygen atoms in total. The molecule has 0 saturated heterocycles. The minimum Gasteiger partial charge on any atom is -0.346 e. The first kappa shape index (κ1) is 19.6. The van der Waals surface area contributed by atoms with Crippen LogP contribution in [0.25, 0.3) is 0 Å². The number of fused-ring (bicyclic) bond motifs is 1. The third kappa shape index (κ3) is 4.19. The molecule has 2 aromatic carbocycles. The van der Waals surface area contributed by atoms with Gasteiger partial charge in [0.05, 0.1) is 6.04 Å². The molecule has 1 heterocycles. The van der Waals surface area contributed by atoms with Crippen LogP contribution in [0.15, 0.2) is 42.5 Å². The Bertz CT molecular complexity index is 904. The molecule has 2 aliphatic rings. The lowest BCUT2D eigenvalue weighted by Gasteiger charge is -2.26. The number of hydrogen-bond acceptors (Lipinski definition) is 2. The van der Waals surface area contributed by atoms with E-state index in [0.717, 1.165) is 55.5 Å². The average Bonchev–Trinajstić information content (AvgIpc) is 3.17. The van der Waals surface area contributed by atoms with Gasteiger partial charge in [0.1, 0.15) is 5.82 Å². The Morgan fingerprint density at radius 2 is 1.79 bits per heavy atom. The summed E-state index contributed by atoms with van der Waals surface area (Å²) in [6.07, 6.45) is 6.42. The van der Waals surface area contributed by atoms with Crippen LogP contribution in [0.2, 0.25) is 0 Å². The van der Waals surface area contributed by atoms with Gasteiger partial charge in [0.25, 0.3) is 5.91 Å². The van der Waals surface area contributed by atoms with E-state index < -0.39 is 0 Å². The van der Waals surface area contributed by atoms with Crippen LogP contribution in [0.1, 0.15) is 66.6 Å². The summed E-state index contributed by atoms with van der Waals surface area (Å²) in [7, 11) is 0. The summed E-state index contributed by atoms with van der Waals surface area (Å²) in [6, 6.07) is 11.4. The van der Waals surface area contributed by atoms with E-state index in [1.807, 2.05) is 24.0 Å². The Morgan fingerprint density at radius 3 is 2.52 bits per heavy atom. The van der Waals surface area contributed by atoms with E-state index in [1.165, 1.54) is 30.7 Å². The first-order valence-electron chi connectivity index (χ1n) is 10.5. The van der Waals surface area contributed by atoms with E-state index in [1.54, 1.807) is 0 Å². The molecule has 0 unspecified atom stereocenters. The predicted octanol–water partition coefficient (Wildman–Crippen LogP) is 4.79.